The van der Waals surface area contributed by atoms with Gasteiger partial charge in [0.2, 0.25) is 0 Å². The van der Waals surface area contributed by atoms with Gasteiger partial charge in [-0.2, -0.15) is 0 Å². The van der Waals surface area contributed by atoms with E-state index in [9.17, 15) is 8.42 Å². The molecule has 0 bridgehead atoms. The van der Waals surface area contributed by atoms with Crippen LogP contribution in [0, 0.1) is 0 Å². The SMILES string of the molecule is CCCCOCC1(S(=O)(=O)C2(CCO)CC2)CC1. The normalized spacial score (nSPS) is 23.9. The Morgan fingerprint density at radius 1 is 1.17 bits per heavy atom. The monoisotopic (exact) mass is 276 g/mol. The number of hydrogen-bond donors (Lipinski definition) is 1. The molecule has 0 unspecified atom stereocenters. The van der Waals surface area contributed by atoms with Crippen LogP contribution >= 0.6 is 0 Å². The van der Waals surface area contributed by atoms with Gasteiger partial charge in [0.25, 0.3) is 0 Å². The van der Waals surface area contributed by atoms with E-state index in [2.05, 4.69) is 6.92 Å². The van der Waals surface area contributed by atoms with E-state index < -0.39 is 19.3 Å². The summed E-state index contributed by atoms with van der Waals surface area (Å²) in [5, 5.41) is 9.04. The Labute approximate surface area is 110 Å². The van der Waals surface area contributed by atoms with Crippen LogP contribution in [0.4, 0.5) is 0 Å². The van der Waals surface area contributed by atoms with Gasteiger partial charge in [-0.25, -0.2) is 8.42 Å². The molecule has 0 aromatic rings. The van der Waals surface area contributed by atoms with Crippen LogP contribution < -0.4 is 0 Å². The molecule has 0 aromatic heterocycles. The minimum atomic E-state index is -3.15. The van der Waals surface area contributed by atoms with Crippen molar-refractivity contribution in [2.75, 3.05) is 19.8 Å². The fraction of sp³-hybridized carbons (Fsp3) is 1.00. The van der Waals surface area contributed by atoms with Crippen molar-refractivity contribution in [3.63, 3.8) is 0 Å². The smallest absolute Gasteiger partial charge is 0.164 e. The Kier molecular flexibility index (Phi) is 4.04. The average molecular weight is 276 g/mol. The first-order valence-electron chi connectivity index (χ1n) is 6.96. The highest BCUT2D eigenvalue weighted by Crippen LogP contribution is 2.57. The summed E-state index contributed by atoms with van der Waals surface area (Å²) in [6, 6.07) is 0. The third-order valence-electron chi connectivity index (χ3n) is 4.33. The fourth-order valence-corrected chi connectivity index (χ4v) is 5.39. The van der Waals surface area contributed by atoms with Crippen molar-refractivity contribution in [1.82, 2.24) is 0 Å². The highest BCUT2D eigenvalue weighted by Gasteiger charge is 2.66. The zero-order valence-electron chi connectivity index (χ0n) is 11.2. The molecule has 0 radical (unpaired) electrons. The zero-order valence-corrected chi connectivity index (χ0v) is 12.0. The first-order chi connectivity index (χ1) is 8.54. The van der Waals surface area contributed by atoms with Gasteiger partial charge in [-0.3, -0.25) is 0 Å². The molecule has 2 aliphatic carbocycles. The molecule has 0 aromatic carbocycles. The summed E-state index contributed by atoms with van der Waals surface area (Å²) < 4.78 is 29.6. The van der Waals surface area contributed by atoms with Gasteiger partial charge >= 0.3 is 0 Å². The van der Waals surface area contributed by atoms with Gasteiger partial charge in [0, 0.05) is 13.2 Å². The number of aliphatic hydroxyl groups excluding tert-OH is 1. The van der Waals surface area contributed by atoms with Gasteiger partial charge in [-0.15, -0.1) is 0 Å². The first kappa shape index (κ1) is 14.3. The van der Waals surface area contributed by atoms with Crippen LogP contribution in [-0.4, -0.2) is 42.8 Å². The molecule has 5 heteroatoms. The molecule has 2 fully saturated rings. The molecule has 4 nitrogen and oxygen atoms in total. The van der Waals surface area contributed by atoms with Crippen LogP contribution in [0.15, 0.2) is 0 Å². The molecule has 0 spiro atoms. The lowest BCUT2D eigenvalue weighted by molar-refractivity contribution is 0.126. The lowest BCUT2D eigenvalue weighted by atomic mass is 10.3. The van der Waals surface area contributed by atoms with Crippen LogP contribution in [0.1, 0.15) is 51.9 Å². The predicted molar refractivity (Wildman–Crippen MR) is 70.3 cm³/mol. The minimum absolute atomic E-state index is 0.0357. The summed E-state index contributed by atoms with van der Waals surface area (Å²) in [6.07, 6.45) is 5.33. The molecule has 0 heterocycles. The number of sulfone groups is 1. The number of unbranched alkanes of at least 4 members (excludes halogenated alkanes) is 1. The summed E-state index contributed by atoms with van der Waals surface area (Å²) in [7, 11) is -3.15. The lowest BCUT2D eigenvalue weighted by Crippen LogP contribution is -2.39. The van der Waals surface area contributed by atoms with E-state index in [-0.39, 0.29) is 6.61 Å². The molecule has 106 valence electrons. The summed E-state index contributed by atoms with van der Waals surface area (Å²) in [6.45, 7) is 3.06. The highest BCUT2D eigenvalue weighted by molar-refractivity contribution is 7.94. The van der Waals surface area contributed by atoms with E-state index in [1.807, 2.05) is 0 Å². The number of ether oxygens (including phenoxy) is 1. The first-order valence-corrected chi connectivity index (χ1v) is 8.45. The second-order valence-electron chi connectivity index (χ2n) is 5.75. The Hall–Kier alpha value is -0.130. The van der Waals surface area contributed by atoms with Gasteiger partial charge in [0.15, 0.2) is 9.84 Å². The van der Waals surface area contributed by atoms with Crippen LogP contribution in [0.2, 0.25) is 0 Å². The molecule has 2 saturated carbocycles. The third kappa shape index (κ3) is 2.32. The van der Waals surface area contributed by atoms with E-state index in [0.717, 1.165) is 25.7 Å². The number of aliphatic hydroxyl groups is 1. The standard InChI is InChI=1S/C13H24O4S/c1-2-3-10-17-11-13(6-7-13)18(15,16)12(4-5-12)8-9-14/h14H,2-11H2,1H3. The Bertz CT molecular complexity index is 380. The highest BCUT2D eigenvalue weighted by atomic mass is 32.2. The molecule has 2 rings (SSSR count). The van der Waals surface area contributed by atoms with Crippen molar-refractivity contribution in [1.29, 1.82) is 0 Å². The molecule has 2 aliphatic rings. The third-order valence-corrected chi connectivity index (χ3v) is 7.75. The molecule has 1 N–H and O–H groups in total. The predicted octanol–water partition coefficient (Wildman–Crippen LogP) is 1.67. The van der Waals surface area contributed by atoms with Crippen LogP contribution in [0.25, 0.3) is 0 Å². The summed E-state index contributed by atoms with van der Waals surface area (Å²) in [4.78, 5) is 0. The average Bonchev–Trinajstić information content (AvgIpc) is 3.19. The molecule has 18 heavy (non-hydrogen) atoms. The summed E-state index contributed by atoms with van der Waals surface area (Å²) in [5.41, 5.74) is 0. The number of hydrogen-bond acceptors (Lipinski definition) is 4. The second kappa shape index (κ2) is 5.10. The van der Waals surface area contributed by atoms with Crippen molar-refractivity contribution < 1.29 is 18.3 Å². The Morgan fingerprint density at radius 3 is 2.22 bits per heavy atom. The molecule has 0 amide bonds. The van der Waals surface area contributed by atoms with Crippen LogP contribution in [-0.2, 0) is 14.6 Å². The van der Waals surface area contributed by atoms with E-state index in [0.29, 0.717) is 32.5 Å². The van der Waals surface area contributed by atoms with Crippen LogP contribution in [0.5, 0.6) is 0 Å². The summed E-state index contributed by atoms with van der Waals surface area (Å²) in [5.74, 6) is 0. The molecular weight excluding hydrogens is 252 g/mol. The lowest BCUT2D eigenvalue weighted by Gasteiger charge is -2.23. The zero-order chi connectivity index (χ0) is 13.3. The van der Waals surface area contributed by atoms with E-state index in [1.165, 1.54) is 0 Å². The fourth-order valence-electron chi connectivity index (χ4n) is 2.59. The van der Waals surface area contributed by atoms with E-state index in [4.69, 9.17) is 9.84 Å². The van der Waals surface area contributed by atoms with Gasteiger partial charge in [-0.05, 0) is 38.5 Å². The quantitative estimate of drug-likeness (QED) is 0.651. The number of rotatable bonds is 9. The van der Waals surface area contributed by atoms with Crippen molar-refractivity contribution in [3.05, 3.63) is 0 Å². The molecule has 0 saturated heterocycles. The molecular formula is C13H24O4S. The van der Waals surface area contributed by atoms with Gasteiger partial charge < -0.3 is 9.84 Å². The Balaban J connectivity index is 1.97. The topological polar surface area (TPSA) is 63.6 Å². The minimum Gasteiger partial charge on any atom is -0.396 e. The van der Waals surface area contributed by atoms with Crippen LogP contribution in [0.3, 0.4) is 0 Å². The maximum atomic E-state index is 12.7. The van der Waals surface area contributed by atoms with E-state index >= 15 is 0 Å². The maximum absolute atomic E-state index is 12.7. The van der Waals surface area contributed by atoms with E-state index in [1.54, 1.807) is 0 Å². The largest absolute Gasteiger partial charge is 0.396 e. The molecule has 0 atom stereocenters. The van der Waals surface area contributed by atoms with Crippen molar-refractivity contribution in [2.24, 2.45) is 0 Å². The van der Waals surface area contributed by atoms with Gasteiger partial charge in [0.1, 0.15) is 0 Å². The van der Waals surface area contributed by atoms with Crippen molar-refractivity contribution in [2.45, 2.75) is 61.4 Å². The van der Waals surface area contributed by atoms with Gasteiger partial charge in [0.05, 0.1) is 16.1 Å². The van der Waals surface area contributed by atoms with Crippen molar-refractivity contribution >= 4 is 9.84 Å². The Morgan fingerprint density at radius 2 is 1.78 bits per heavy atom. The van der Waals surface area contributed by atoms with Gasteiger partial charge in [-0.1, -0.05) is 13.3 Å². The van der Waals surface area contributed by atoms with Crippen molar-refractivity contribution in [3.8, 4) is 0 Å². The molecule has 0 aliphatic heterocycles. The second-order valence-corrected chi connectivity index (χ2v) is 8.49. The maximum Gasteiger partial charge on any atom is 0.164 e. The summed E-state index contributed by atoms with van der Waals surface area (Å²) >= 11 is 0.